The number of aryl methyl sites for hydroxylation is 1. The molecule has 0 radical (unpaired) electrons. The molecule has 1 saturated heterocycles. The number of rotatable bonds is 6. The van der Waals surface area contributed by atoms with E-state index in [1.807, 2.05) is 17.0 Å². The molecule has 164 valence electrons. The SMILES string of the molecule is O=C(NCCCn1ccc2ccccc21)C1CCN(c2ccc(C(F)(F)F)cn2)CC1. The standard InChI is InChI=1S/C23H25F3N4O/c24-23(25,26)19-6-7-21(28-16-19)30-14-9-18(10-15-30)22(31)27-11-3-12-29-13-8-17-4-1-2-5-20(17)29/h1-2,4-8,13,16,18H,3,9-12,14-15H2,(H,27,31). The van der Waals surface area contributed by atoms with Gasteiger partial charge >= 0.3 is 6.18 Å². The van der Waals surface area contributed by atoms with Crippen LogP contribution in [-0.2, 0) is 17.5 Å². The number of fused-ring (bicyclic) bond motifs is 1. The molecule has 1 fully saturated rings. The number of amides is 1. The summed E-state index contributed by atoms with van der Waals surface area (Å²) in [6.07, 6.45) is 0.719. The first-order chi connectivity index (χ1) is 14.9. The number of carbonyl (C=O) groups is 1. The summed E-state index contributed by atoms with van der Waals surface area (Å²) in [6, 6.07) is 12.8. The van der Waals surface area contributed by atoms with Crippen molar-refractivity contribution in [3.63, 3.8) is 0 Å². The Morgan fingerprint density at radius 2 is 1.87 bits per heavy atom. The summed E-state index contributed by atoms with van der Waals surface area (Å²) < 4.78 is 40.2. The first-order valence-corrected chi connectivity index (χ1v) is 10.5. The third-order valence-electron chi connectivity index (χ3n) is 5.82. The molecule has 1 aliphatic rings. The zero-order valence-electron chi connectivity index (χ0n) is 17.1. The second-order valence-corrected chi connectivity index (χ2v) is 7.88. The van der Waals surface area contributed by atoms with E-state index in [1.54, 1.807) is 0 Å². The lowest BCUT2D eigenvalue weighted by molar-refractivity contribution is -0.137. The van der Waals surface area contributed by atoms with Gasteiger partial charge in [-0.2, -0.15) is 13.2 Å². The second-order valence-electron chi connectivity index (χ2n) is 7.88. The van der Waals surface area contributed by atoms with Crippen molar-refractivity contribution in [2.24, 2.45) is 5.92 Å². The first kappa shape index (κ1) is 21.2. The number of halogens is 3. The molecule has 1 amide bonds. The van der Waals surface area contributed by atoms with Gasteiger partial charge in [0.15, 0.2) is 0 Å². The number of benzene rings is 1. The van der Waals surface area contributed by atoms with E-state index >= 15 is 0 Å². The number of aromatic nitrogens is 2. The van der Waals surface area contributed by atoms with Crippen LogP contribution in [-0.4, -0.2) is 35.1 Å². The summed E-state index contributed by atoms with van der Waals surface area (Å²) in [5.41, 5.74) is 0.441. The Bertz CT molecular complexity index is 1020. The van der Waals surface area contributed by atoms with Crippen molar-refractivity contribution >= 4 is 22.6 Å². The molecule has 3 heterocycles. The lowest BCUT2D eigenvalue weighted by atomic mass is 9.96. The van der Waals surface area contributed by atoms with E-state index in [0.717, 1.165) is 25.2 Å². The highest BCUT2D eigenvalue weighted by Gasteiger charge is 2.31. The number of anilines is 1. The molecular weight excluding hydrogens is 405 g/mol. The van der Waals surface area contributed by atoms with Crippen LogP contribution < -0.4 is 10.2 Å². The summed E-state index contributed by atoms with van der Waals surface area (Å²) in [6.45, 7) is 2.66. The molecule has 1 N–H and O–H groups in total. The predicted octanol–water partition coefficient (Wildman–Crippen LogP) is 4.48. The van der Waals surface area contributed by atoms with Crippen LogP contribution in [0.5, 0.6) is 0 Å². The third kappa shape index (κ3) is 5.00. The third-order valence-corrected chi connectivity index (χ3v) is 5.82. The predicted molar refractivity (Wildman–Crippen MR) is 114 cm³/mol. The van der Waals surface area contributed by atoms with Crippen molar-refractivity contribution < 1.29 is 18.0 Å². The van der Waals surface area contributed by atoms with Gasteiger partial charge in [0.05, 0.1) is 5.56 Å². The number of hydrogen-bond acceptors (Lipinski definition) is 3. The number of nitrogens with one attached hydrogen (secondary N) is 1. The number of pyridine rings is 1. The van der Waals surface area contributed by atoms with E-state index in [0.29, 0.717) is 38.3 Å². The average Bonchev–Trinajstić information content (AvgIpc) is 3.19. The molecule has 0 atom stereocenters. The van der Waals surface area contributed by atoms with Crippen molar-refractivity contribution in [1.82, 2.24) is 14.9 Å². The highest BCUT2D eigenvalue weighted by Crippen LogP contribution is 2.30. The fourth-order valence-electron chi connectivity index (χ4n) is 4.05. The van der Waals surface area contributed by atoms with Gasteiger partial charge in [-0.3, -0.25) is 4.79 Å². The zero-order chi connectivity index (χ0) is 21.8. The van der Waals surface area contributed by atoms with Crippen molar-refractivity contribution in [2.75, 3.05) is 24.5 Å². The largest absolute Gasteiger partial charge is 0.417 e. The molecule has 3 aromatic rings. The highest BCUT2D eigenvalue weighted by molar-refractivity contribution is 5.80. The van der Waals surface area contributed by atoms with Crippen LogP contribution >= 0.6 is 0 Å². The van der Waals surface area contributed by atoms with Gasteiger partial charge in [0.1, 0.15) is 5.82 Å². The Kier molecular flexibility index (Phi) is 6.15. The summed E-state index contributed by atoms with van der Waals surface area (Å²) >= 11 is 0. The molecule has 8 heteroatoms. The van der Waals surface area contributed by atoms with Gasteiger partial charge in [0.25, 0.3) is 0 Å². The van der Waals surface area contributed by atoms with Gasteiger partial charge in [0, 0.05) is 50.0 Å². The molecule has 1 aromatic carbocycles. The van der Waals surface area contributed by atoms with Crippen LogP contribution in [0.2, 0.25) is 0 Å². The summed E-state index contributed by atoms with van der Waals surface area (Å²) in [4.78, 5) is 18.4. The van der Waals surface area contributed by atoms with Crippen LogP contribution in [0.4, 0.5) is 19.0 Å². The number of alkyl halides is 3. The Balaban J connectivity index is 1.20. The molecule has 4 rings (SSSR count). The smallest absolute Gasteiger partial charge is 0.357 e. The lowest BCUT2D eigenvalue weighted by Crippen LogP contribution is -2.41. The van der Waals surface area contributed by atoms with Gasteiger partial charge in [0.2, 0.25) is 5.91 Å². The topological polar surface area (TPSA) is 50.2 Å². The lowest BCUT2D eigenvalue weighted by Gasteiger charge is -2.32. The molecule has 31 heavy (non-hydrogen) atoms. The monoisotopic (exact) mass is 430 g/mol. The summed E-state index contributed by atoms with van der Waals surface area (Å²) in [5, 5.41) is 4.24. The van der Waals surface area contributed by atoms with Gasteiger partial charge in [-0.25, -0.2) is 4.98 Å². The van der Waals surface area contributed by atoms with Crippen LogP contribution in [0.1, 0.15) is 24.8 Å². The van der Waals surface area contributed by atoms with E-state index in [4.69, 9.17) is 0 Å². The minimum Gasteiger partial charge on any atom is -0.357 e. The molecular formula is C23H25F3N4O. The van der Waals surface area contributed by atoms with E-state index in [2.05, 4.69) is 39.3 Å². The Labute approximate surface area is 178 Å². The zero-order valence-corrected chi connectivity index (χ0v) is 17.1. The quantitative estimate of drug-likeness (QED) is 0.587. The van der Waals surface area contributed by atoms with E-state index < -0.39 is 11.7 Å². The van der Waals surface area contributed by atoms with Gasteiger partial charge in [-0.05, 0) is 48.9 Å². The molecule has 0 spiro atoms. The second kappa shape index (κ2) is 8.99. The molecule has 0 saturated carbocycles. The maximum atomic E-state index is 12.7. The molecule has 0 bridgehead atoms. The Hall–Kier alpha value is -3.03. The molecule has 0 aliphatic carbocycles. The van der Waals surface area contributed by atoms with Crippen molar-refractivity contribution in [1.29, 1.82) is 0 Å². The minimum atomic E-state index is -4.38. The molecule has 5 nitrogen and oxygen atoms in total. The minimum absolute atomic E-state index is 0.0531. The van der Waals surface area contributed by atoms with Crippen molar-refractivity contribution in [2.45, 2.75) is 32.0 Å². The van der Waals surface area contributed by atoms with Crippen molar-refractivity contribution in [3.05, 3.63) is 60.4 Å². The number of nitrogens with zero attached hydrogens (tertiary/aromatic N) is 3. The van der Waals surface area contributed by atoms with E-state index in [9.17, 15) is 18.0 Å². The first-order valence-electron chi connectivity index (χ1n) is 10.5. The maximum absolute atomic E-state index is 12.7. The number of carbonyl (C=O) groups excluding carboxylic acids is 1. The molecule has 0 unspecified atom stereocenters. The summed E-state index contributed by atoms with van der Waals surface area (Å²) in [5.74, 6) is 0.501. The van der Waals surface area contributed by atoms with E-state index in [-0.39, 0.29) is 11.8 Å². The normalized spacial score (nSPS) is 15.4. The number of piperidine rings is 1. The average molecular weight is 430 g/mol. The Morgan fingerprint density at radius 1 is 1.10 bits per heavy atom. The fourth-order valence-corrected chi connectivity index (χ4v) is 4.05. The Morgan fingerprint density at radius 3 is 2.58 bits per heavy atom. The van der Waals surface area contributed by atoms with Crippen molar-refractivity contribution in [3.8, 4) is 0 Å². The van der Waals surface area contributed by atoms with Crippen LogP contribution in [0, 0.1) is 5.92 Å². The van der Waals surface area contributed by atoms with E-state index in [1.165, 1.54) is 17.0 Å². The van der Waals surface area contributed by atoms with Crippen LogP contribution in [0.25, 0.3) is 10.9 Å². The van der Waals surface area contributed by atoms with Gasteiger partial charge < -0.3 is 14.8 Å². The van der Waals surface area contributed by atoms with Gasteiger partial charge in [-0.1, -0.05) is 18.2 Å². The fraction of sp³-hybridized carbons (Fsp3) is 0.391. The molecule has 1 aliphatic heterocycles. The highest BCUT2D eigenvalue weighted by atomic mass is 19.4. The number of para-hydroxylation sites is 1. The van der Waals surface area contributed by atoms with Crippen LogP contribution in [0.15, 0.2) is 54.9 Å². The maximum Gasteiger partial charge on any atom is 0.417 e. The van der Waals surface area contributed by atoms with Gasteiger partial charge in [-0.15, -0.1) is 0 Å². The van der Waals surface area contributed by atoms with Crippen LogP contribution in [0.3, 0.4) is 0 Å². The number of hydrogen-bond donors (Lipinski definition) is 1. The summed E-state index contributed by atoms with van der Waals surface area (Å²) in [7, 11) is 0. The molecule has 2 aromatic heterocycles.